The highest BCUT2D eigenvalue weighted by molar-refractivity contribution is 6.15. The summed E-state index contributed by atoms with van der Waals surface area (Å²) in [5, 5.41) is 10.2. The maximum atomic E-state index is 2.39. The molecule has 9 aromatic carbocycles. The summed E-state index contributed by atoms with van der Waals surface area (Å²) in [7, 11) is 0. The first-order valence-electron chi connectivity index (χ1n) is 15.9. The fraction of sp³-hybridized carbons (Fsp3) is 0. The van der Waals surface area contributed by atoms with Gasteiger partial charge in [0, 0.05) is 0 Å². The van der Waals surface area contributed by atoms with Crippen molar-refractivity contribution in [2.75, 3.05) is 0 Å². The van der Waals surface area contributed by atoms with Gasteiger partial charge in [0.05, 0.1) is 0 Å². The van der Waals surface area contributed by atoms with E-state index in [2.05, 4.69) is 182 Å². The molecule has 0 saturated heterocycles. The smallest absolute Gasteiger partial charge is 0.00928 e. The zero-order valence-corrected chi connectivity index (χ0v) is 25.3. The van der Waals surface area contributed by atoms with Crippen molar-refractivity contribution >= 4 is 43.1 Å². The molecule has 9 aromatic rings. The summed E-state index contributed by atoms with van der Waals surface area (Å²) in [4.78, 5) is 0. The molecule has 0 unspecified atom stereocenters. The van der Waals surface area contributed by atoms with Gasteiger partial charge in [0.15, 0.2) is 0 Å². The Morgan fingerprint density at radius 2 is 0.717 bits per heavy atom. The molecular formula is C46H30. The highest BCUT2D eigenvalue weighted by atomic mass is 14.2. The van der Waals surface area contributed by atoms with Crippen molar-refractivity contribution in [2.45, 2.75) is 0 Å². The van der Waals surface area contributed by atoms with Crippen molar-refractivity contribution in [1.82, 2.24) is 0 Å². The second kappa shape index (κ2) is 10.9. The third-order valence-electron chi connectivity index (χ3n) is 9.43. The van der Waals surface area contributed by atoms with E-state index in [4.69, 9.17) is 0 Å². The SMILES string of the molecule is c1ccc(-c2cc3cc(-c4cccc5ccccc45)ccc3c3ccc(-c4cccc(-c5cccc6ccccc56)c4)cc23)cc1. The quantitative estimate of drug-likeness (QED) is 0.181. The molecule has 0 aromatic heterocycles. The molecule has 0 radical (unpaired) electrons. The predicted octanol–water partition coefficient (Wildman–Crippen LogP) is 13.0. The number of benzene rings is 9. The zero-order valence-electron chi connectivity index (χ0n) is 25.3. The molecular weight excluding hydrogens is 553 g/mol. The third-order valence-corrected chi connectivity index (χ3v) is 9.43. The van der Waals surface area contributed by atoms with Gasteiger partial charge >= 0.3 is 0 Å². The average molecular weight is 583 g/mol. The second-order valence-corrected chi connectivity index (χ2v) is 12.1. The lowest BCUT2D eigenvalue weighted by Gasteiger charge is -2.15. The standard InChI is InChI=1S/C46H30/c1-2-11-33(12-3-1)45-30-38-28-37(42-22-10-16-32-14-5-7-20-40(32)42)24-25-43(38)44-26-23-35(29-46(44)45)34-17-8-18-36(27-34)41-21-9-15-31-13-4-6-19-39(31)41/h1-30H. The Kier molecular flexibility index (Phi) is 6.25. The third kappa shape index (κ3) is 4.47. The van der Waals surface area contributed by atoms with Crippen LogP contribution in [0.2, 0.25) is 0 Å². The van der Waals surface area contributed by atoms with Crippen LogP contribution in [-0.2, 0) is 0 Å². The van der Waals surface area contributed by atoms with Crippen molar-refractivity contribution in [2.24, 2.45) is 0 Å². The Hall–Kier alpha value is -5.98. The highest BCUT2D eigenvalue weighted by Crippen LogP contribution is 2.40. The van der Waals surface area contributed by atoms with E-state index in [0.717, 1.165) is 0 Å². The van der Waals surface area contributed by atoms with Crippen molar-refractivity contribution < 1.29 is 0 Å². The Morgan fingerprint density at radius 1 is 0.196 bits per heavy atom. The molecule has 0 aliphatic rings. The lowest BCUT2D eigenvalue weighted by atomic mass is 9.89. The van der Waals surface area contributed by atoms with Crippen LogP contribution in [0.15, 0.2) is 182 Å². The highest BCUT2D eigenvalue weighted by Gasteiger charge is 2.13. The molecule has 0 amide bonds. The lowest BCUT2D eigenvalue weighted by molar-refractivity contribution is 1.61. The van der Waals surface area contributed by atoms with E-state index in [1.165, 1.54) is 87.6 Å². The average Bonchev–Trinajstić information content (AvgIpc) is 3.14. The van der Waals surface area contributed by atoms with Gasteiger partial charge in [0.2, 0.25) is 0 Å². The Bertz CT molecular complexity index is 2560. The van der Waals surface area contributed by atoms with E-state index < -0.39 is 0 Å². The van der Waals surface area contributed by atoms with Gasteiger partial charge in [-0.1, -0.05) is 158 Å². The van der Waals surface area contributed by atoms with Gasteiger partial charge in [-0.2, -0.15) is 0 Å². The number of fused-ring (bicyclic) bond motifs is 5. The molecule has 214 valence electrons. The van der Waals surface area contributed by atoms with Gasteiger partial charge < -0.3 is 0 Å². The van der Waals surface area contributed by atoms with E-state index in [1.54, 1.807) is 0 Å². The van der Waals surface area contributed by atoms with Crippen LogP contribution in [0.5, 0.6) is 0 Å². The minimum atomic E-state index is 1.22. The summed E-state index contributed by atoms with van der Waals surface area (Å²) >= 11 is 0. The number of rotatable bonds is 4. The lowest BCUT2D eigenvalue weighted by Crippen LogP contribution is -1.88. The molecule has 0 bridgehead atoms. The monoisotopic (exact) mass is 582 g/mol. The molecule has 0 heterocycles. The van der Waals surface area contributed by atoms with Gasteiger partial charge in [-0.25, -0.2) is 0 Å². The maximum absolute atomic E-state index is 2.39. The van der Waals surface area contributed by atoms with Crippen LogP contribution in [0.25, 0.3) is 87.6 Å². The van der Waals surface area contributed by atoms with Crippen LogP contribution in [0.4, 0.5) is 0 Å². The molecule has 0 saturated carbocycles. The first kappa shape index (κ1) is 26.4. The summed E-state index contributed by atoms with van der Waals surface area (Å²) in [6.45, 7) is 0. The molecule has 0 nitrogen and oxygen atoms in total. The van der Waals surface area contributed by atoms with Crippen LogP contribution in [0.3, 0.4) is 0 Å². The van der Waals surface area contributed by atoms with Crippen LogP contribution < -0.4 is 0 Å². The van der Waals surface area contributed by atoms with Gasteiger partial charge in [0.1, 0.15) is 0 Å². The van der Waals surface area contributed by atoms with E-state index in [0.29, 0.717) is 0 Å². The van der Waals surface area contributed by atoms with Crippen molar-refractivity contribution in [3.8, 4) is 44.5 Å². The molecule has 0 spiro atoms. The second-order valence-electron chi connectivity index (χ2n) is 12.1. The van der Waals surface area contributed by atoms with Crippen LogP contribution in [-0.4, -0.2) is 0 Å². The fourth-order valence-corrected chi connectivity index (χ4v) is 7.19. The van der Waals surface area contributed by atoms with E-state index in [1.807, 2.05) is 0 Å². The molecule has 9 rings (SSSR count). The van der Waals surface area contributed by atoms with E-state index >= 15 is 0 Å². The Morgan fingerprint density at radius 3 is 1.46 bits per heavy atom. The molecule has 0 aliphatic heterocycles. The van der Waals surface area contributed by atoms with Crippen molar-refractivity contribution in [3.63, 3.8) is 0 Å². The van der Waals surface area contributed by atoms with Crippen LogP contribution in [0, 0.1) is 0 Å². The largest absolute Gasteiger partial charge is 0.0622 e. The molecule has 0 aliphatic carbocycles. The molecule has 0 heteroatoms. The Balaban J connectivity index is 1.23. The summed E-state index contributed by atoms with van der Waals surface area (Å²) in [6.07, 6.45) is 0. The summed E-state index contributed by atoms with van der Waals surface area (Å²) in [6, 6.07) is 66.6. The van der Waals surface area contributed by atoms with Gasteiger partial charge in [0.25, 0.3) is 0 Å². The fourth-order valence-electron chi connectivity index (χ4n) is 7.19. The number of hydrogen-bond acceptors (Lipinski definition) is 0. The van der Waals surface area contributed by atoms with Gasteiger partial charge in [-0.3, -0.25) is 0 Å². The minimum Gasteiger partial charge on any atom is -0.0622 e. The van der Waals surface area contributed by atoms with Gasteiger partial charge in [-0.05, 0) is 112 Å². The number of hydrogen-bond donors (Lipinski definition) is 0. The summed E-state index contributed by atoms with van der Waals surface area (Å²) < 4.78 is 0. The topological polar surface area (TPSA) is 0 Å². The summed E-state index contributed by atoms with van der Waals surface area (Å²) in [5.74, 6) is 0. The first-order valence-corrected chi connectivity index (χ1v) is 15.9. The summed E-state index contributed by atoms with van der Waals surface area (Å²) in [5.41, 5.74) is 9.93. The van der Waals surface area contributed by atoms with Gasteiger partial charge in [-0.15, -0.1) is 0 Å². The molecule has 0 N–H and O–H groups in total. The van der Waals surface area contributed by atoms with Crippen LogP contribution >= 0.6 is 0 Å². The van der Waals surface area contributed by atoms with E-state index in [9.17, 15) is 0 Å². The molecule has 0 atom stereocenters. The first-order chi connectivity index (χ1) is 22.8. The van der Waals surface area contributed by atoms with E-state index in [-0.39, 0.29) is 0 Å². The molecule has 0 fully saturated rings. The van der Waals surface area contributed by atoms with Crippen molar-refractivity contribution in [3.05, 3.63) is 182 Å². The predicted molar refractivity (Wildman–Crippen MR) is 198 cm³/mol. The minimum absolute atomic E-state index is 1.22. The Labute approximate surface area is 268 Å². The zero-order chi connectivity index (χ0) is 30.5. The van der Waals surface area contributed by atoms with Crippen LogP contribution in [0.1, 0.15) is 0 Å². The van der Waals surface area contributed by atoms with Crippen molar-refractivity contribution in [1.29, 1.82) is 0 Å². The normalized spacial score (nSPS) is 11.5. The molecule has 46 heavy (non-hydrogen) atoms. The maximum Gasteiger partial charge on any atom is -0.00928 e.